The third-order valence-corrected chi connectivity index (χ3v) is 6.82. The lowest BCUT2D eigenvalue weighted by molar-refractivity contribution is 0.285. The third-order valence-electron chi connectivity index (χ3n) is 6.82. The molecule has 0 saturated heterocycles. The van der Waals surface area contributed by atoms with E-state index in [2.05, 4.69) is 59.0 Å². The smallest absolute Gasteiger partial charge is 0.161 e. The zero-order valence-corrected chi connectivity index (χ0v) is 26.0. The monoisotopic (exact) mass is 557 g/mol. The van der Waals surface area contributed by atoms with Gasteiger partial charge in [-0.2, -0.15) is 5.10 Å². The fourth-order valence-electron chi connectivity index (χ4n) is 4.46. The fourth-order valence-corrected chi connectivity index (χ4v) is 4.46. The summed E-state index contributed by atoms with van der Waals surface area (Å²) in [5.74, 6) is 2.32. The molecule has 0 aliphatic heterocycles. The van der Waals surface area contributed by atoms with Crippen LogP contribution >= 0.6 is 0 Å². The van der Waals surface area contributed by atoms with Crippen LogP contribution in [0.2, 0.25) is 0 Å². The predicted molar refractivity (Wildman–Crippen MR) is 172 cm³/mol. The van der Waals surface area contributed by atoms with Gasteiger partial charge in [-0.1, -0.05) is 85.9 Å². The quantitative estimate of drug-likeness (QED) is 0.107. The number of unbranched alkanes of at least 4 members (excludes halogenated alkanes) is 3. The zero-order chi connectivity index (χ0) is 30.0. The molecule has 6 nitrogen and oxygen atoms in total. The van der Waals surface area contributed by atoms with E-state index >= 15 is 0 Å². The highest BCUT2D eigenvalue weighted by Gasteiger charge is 2.27. The van der Waals surface area contributed by atoms with Crippen LogP contribution < -0.4 is 14.9 Å². The second-order valence-electron chi connectivity index (χ2n) is 12.4. The van der Waals surface area contributed by atoms with Crippen molar-refractivity contribution in [2.24, 2.45) is 10.1 Å². The Morgan fingerprint density at radius 2 is 1.51 bits per heavy atom. The number of methoxy groups -OCH3 is 1. The maximum absolute atomic E-state index is 11.2. The van der Waals surface area contributed by atoms with Crippen LogP contribution in [-0.2, 0) is 10.8 Å². The number of hydrogen-bond donors (Lipinski definition) is 2. The summed E-state index contributed by atoms with van der Waals surface area (Å²) >= 11 is 0. The van der Waals surface area contributed by atoms with Crippen LogP contribution in [-0.4, -0.2) is 30.9 Å². The molecule has 0 amide bonds. The molecular formula is C35H47N3O3. The van der Waals surface area contributed by atoms with Crippen molar-refractivity contribution in [3.8, 4) is 17.2 Å². The Morgan fingerprint density at radius 3 is 2.10 bits per heavy atom. The highest BCUT2D eigenvalue weighted by atomic mass is 16.5. The molecule has 0 bridgehead atoms. The summed E-state index contributed by atoms with van der Waals surface area (Å²) in [4.78, 5) is 4.90. The van der Waals surface area contributed by atoms with Crippen molar-refractivity contribution < 1.29 is 14.6 Å². The lowest BCUT2D eigenvalue weighted by atomic mass is 9.78. The molecule has 0 spiro atoms. The van der Waals surface area contributed by atoms with E-state index in [0.29, 0.717) is 23.9 Å². The number of benzene rings is 3. The van der Waals surface area contributed by atoms with Gasteiger partial charge in [-0.3, -0.25) is 5.43 Å². The van der Waals surface area contributed by atoms with E-state index in [1.165, 1.54) is 12.8 Å². The number of amidine groups is 1. The fraction of sp³-hybridized carbons (Fsp3) is 0.429. The van der Waals surface area contributed by atoms with Crippen molar-refractivity contribution in [2.75, 3.05) is 13.7 Å². The molecule has 2 N–H and O–H groups in total. The molecule has 3 aromatic carbocycles. The van der Waals surface area contributed by atoms with E-state index in [1.807, 2.05) is 60.7 Å². The van der Waals surface area contributed by atoms with E-state index in [4.69, 9.17) is 14.5 Å². The van der Waals surface area contributed by atoms with Gasteiger partial charge in [0.1, 0.15) is 5.75 Å². The number of aromatic hydroxyl groups is 1. The first-order valence-corrected chi connectivity index (χ1v) is 14.6. The minimum Gasteiger partial charge on any atom is -0.507 e. The van der Waals surface area contributed by atoms with Gasteiger partial charge in [-0.05, 0) is 65.3 Å². The van der Waals surface area contributed by atoms with E-state index in [0.717, 1.165) is 46.5 Å². The van der Waals surface area contributed by atoms with Gasteiger partial charge >= 0.3 is 0 Å². The molecule has 220 valence electrons. The first kappa shape index (κ1) is 31.7. The number of phenols is 1. The maximum Gasteiger partial charge on any atom is 0.161 e. The molecule has 3 aromatic rings. The topological polar surface area (TPSA) is 75.4 Å². The van der Waals surface area contributed by atoms with Crippen LogP contribution in [0.5, 0.6) is 17.2 Å². The predicted octanol–water partition coefficient (Wildman–Crippen LogP) is 8.66. The van der Waals surface area contributed by atoms with Crippen molar-refractivity contribution in [1.29, 1.82) is 0 Å². The molecule has 0 fully saturated rings. The number of nitrogens with zero attached hydrogens (tertiary/aromatic N) is 2. The number of hydrogen-bond acceptors (Lipinski definition) is 5. The first-order valence-electron chi connectivity index (χ1n) is 14.6. The standard InChI is InChI=1S/C35H47N3O3/c1-9-10-11-15-20-41-30-19-18-25(21-31(30)40-8)24-36-38-33(37-27-16-13-12-14-17-27)26-22-28(34(2,3)4)32(39)29(23-26)35(5,6)7/h12-14,16-19,21-24,39H,9-11,15,20H2,1-8H3,(H,37,38). The molecule has 0 radical (unpaired) electrons. The summed E-state index contributed by atoms with van der Waals surface area (Å²) in [6.45, 7) is 15.5. The summed E-state index contributed by atoms with van der Waals surface area (Å²) < 4.78 is 11.5. The van der Waals surface area contributed by atoms with Gasteiger partial charge < -0.3 is 14.6 Å². The van der Waals surface area contributed by atoms with Gasteiger partial charge in [0, 0.05) is 16.7 Å². The maximum atomic E-state index is 11.2. The lowest BCUT2D eigenvalue weighted by Gasteiger charge is -2.28. The Bertz CT molecular complexity index is 1300. The highest BCUT2D eigenvalue weighted by Crippen LogP contribution is 2.40. The number of ether oxygens (including phenoxy) is 2. The molecule has 6 heteroatoms. The Balaban J connectivity index is 1.94. The molecule has 41 heavy (non-hydrogen) atoms. The molecule has 0 aromatic heterocycles. The molecule has 0 atom stereocenters. The second-order valence-corrected chi connectivity index (χ2v) is 12.4. The molecule has 3 rings (SSSR count). The number of nitrogens with one attached hydrogen (secondary N) is 1. The molecule has 0 saturated carbocycles. The van der Waals surface area contributed by atoms with Crippen molar-refractivity contribution in [3.05, 3.63) is 82.9 Å². The number of para-hydroxylation sites is 1. The molecule has 0 heterocycles. The Morgan fingerprint density at radius 1 is 0.854 bits per heavy atom. The minimum atomic E-state index is -0.266. The van der Waals surface area contributed by atoms with E-state index < -0.39 is 0 Å². The van der Waals surface area contributed by atoms with Gasteiger partial charge in [0.05, 0.1) is 25.6 Å². The number of aliphatic imine (C=N–C) groups is 1. The van der Waals surface area contributed by atoms with Gasteiger partial charge in [0.25, 0.3) is 0 Å². The summed E-state index contributed by atoms with van der Waals surface area (Å²) in [5, 5.41) is 15.8. The summed E-state index contributed by atoms with van der Waals surface area (Å²) in [5.41, 5.74) is 6.89. The Kier molecular flexibility index (Phi) is 11.0. The normalized spacial score (nSPS) is 12.5. The van der Waals surface area contributed by atoms with Crippen LogP contribution in [0.4, 0.5) is 5.69 Å². The highest BCUT2D eigenvalue weighted by molar-refractivity contribution is 6.01. The lowest BCUT2D eigenvalue weighted by Crippen LogP contribution is -2.23. The second kappa shape index (κ2) is 14.2. The number of rotatable bonds is 11. The van der Waals surface area contributed by atoms with Crippen molar-refractivity contribution >= 4 is 17.7 Å². The van der Waals surface area contributed by atoms with Gasteiger partial charge in [0.15, 0.2) is 17.3 Å². The van der Waals surface area contributed by atoms with Crippen LogP contribution in [0, 0.1) is 0 Å². The van der Waals surface area contributed by atoms with Crippen LogP contribution in [0.25, 0.3) is 0 Å². The van der Waals surface area contributed by atoms with Gasteiger partial charge in [0.2, 0.25) is 0 Å². The average Bonchev–Trinajstić information content (AvgIpc) is 2.92. The minimum absolute atomic E-state index is 0.266. The van der Waals surface area contributed by atoms with Crippen LogP contribution in [0.15, 0.2) is 70.8 Å². The van der Waals surface area contributed by atoms with E-state index in [9.17, 15) is 5.11 Å². The molecular weight excluding hydrogens is 510 g/mol. The largest absolute Gasteiger partial charge is 0.507 e. The summed E-state index contributed by atoms with van der Waals surface area (Å²) in [6, 6.07) is 19.6. The zero-order valence-electron chi connectivity index (χ0n) is 26.0. The third kappa shape index (κ3) is 9.10. The Hall–Kier alpha value is -3.80. The average molecular weight is 558 g/mol. The first-order chi connectivity index (χ1) is 19.4. The Labute approximate surface area is 246 Å². The summed E-state index contributed by atoms with van der Waals surface area (Å²) in [6.07, 6.45) is 6.35. The van der Waals surface area contributed by atoms with Gasteiger partial charge in [-0.15, -0.1) is 0 Å². The SMILES string of the molecule is CCCCCCOc1ccc(C=NNC(=Nc2ccccc2)c2cc(C(C)(C)C)c(O)c(C(C)(C)C)c2)cc1OC. The van der Waals surface area contributed by atoms with Crippen molar-refractivity contribution in [1.82, 2.24) is 5.43 Å². The number of phenolic OH excluding ortho intramolecular Hbond substituents is 1. The number of hydrazone groups is 1. The van der Waals surface area contributed by atoms with Crippen molar-refractivity contribution in [3.63, 3.8) is 0 Å². The van der Waals surface area contributed by atoms with Crippen LogP contribution in [0.3, 0.4) is 0 Å². The molecule has 0 unspecified atom stereocenters. The van der Waals surface area contributed by atoms with Crippen LogP contribution in [0.1, 0.15) is 96.4 Å². The molecule has 0 aliphatic rings. The van der Waals surface area contributed by atoms with Gasteiger partial charge in [-0.25, -0.2) is 4.99 Å². The summed E-state index contributed by atoms with van der Waals surface area (Å²) in [7, 11) is 1.65. The van der Waals surface area contributed by atoms with Crippen molar-refractivity contribution in [2.45, 2.75) is 85.0 Å². The van der Waals surface area contributed by atoms with E-state index in [-0.39, 0.29) is 10.8 Å². The molecule has 0 aliphatic carbocycles. The van der Waals surface area contributed by atoms with E-state index in [1.54, 1.807) is 13.3 Å².